The minimum atomic E-state index is -5.02. The quantitative estimate of drug-likeness (QED) is 0.596. The third-order valence-corrected chi connectivity index (χ3v) is 3.89. The van der Waals surface area contributed by atoms with E-state index in [1.165, 1.54) is 0 Å². The monoisotopic (exact) mass is 426 g/mol. The number of aromatic nitrogens is 3. The van der Waals surface area contributed by atoms with Crippen LogP contribution in [0.15, 0.2) is 24.3 Å². The minimum Gasteiger partial charge on any atom is -0.327 e. The average Bonchev–Trinajstić information content (AvgIpc) is 3.04. The molecule has 2 aromatic rings. The fourth-order valence-electron chi connectivity index (χ4n) is 2.49. The lowest BCUT2D eigenvalue weighted by Crippen LogP contribution is -2.57. The third-order valence-electron chi connectivity index (χ3n) is 3.89. The van der Waals surface area contributed by atoms with E-state index >= 15 is 0 Å². The van der Waals surface area contributed by atoms with Gasteiger partial charge in [-0.1, -0.05) is 0 Å². The van der Waals surface area contributed by atoms with Crippen molar-refractivity contribution >= 4 is 12.0 Å². The number of aromatic amines is 1. The van der Waals surface area contributed by atoms with Crippen LogP contribution in [-0.2, 0) is 17.1 Å². The SMILES string of the molecule is O=C(C=Cc1n[nH]c(-c2cc(C(F)(F)F)cc(C(F)(F)F)c2)n1)N1CC(F)(F)C1. The van der Waals surface area contributed by atoms with Crippen molar-refractivity contribution in [1.29, 1.82) is 0 Å². The normalized spacial score (nSPS) is 16.9. The van der Waals surface area contributed by atoms with E-state index < -0.39 is 59.8 Å². The van der Waals surface area contributed by atoms with Crippen LogP contribution in [0, 0.1) is 0 Å². The zero-order valence-electron chi connectivity index (χ0n) is 14.1. The Morgan fingerprint density at radius 1 is 1.03 bits per heavy atom. The highest BCUT2D eigenvalue weighted by atomic mass is 19.4. The summed E-state index contributed by atoms with van der Waals surface area (Å²) in [6, 6.07) is 0.912. The van der Waals surface area contributed by atoms with E-state index in [1.807, 2.05) is 0 Å². The molecule has 0 saturated carbocycles. The van der Waals surface area contributed by atoms with Gasteiger partial charge in [0, 0.05) is 11.6 Å². The summed E-state index contributed by atoms with van der Waals surface area (Å²) >= 11 is 0. The Labute approximate surface area is 157 Å². The van der Waals surface area contributed by atoms with Crippen LogP contribution in [-0.4, -0.2) is 45.0 Å². The van der Waals surface area contributed by atoms with Crippen LogP contribution in [0.3, 0.4) is 0 Å². The Morgan fingerprint density at radius 3 is 2.07 bits per heavy atom. The van der Waals surface area contributed by atoms with Gasteiger partial charge in [-0.15, -0.1) is 0 Å². The van der Waals surface area contributed by atoms with Crippen LogP contribution < -0.4 is 0 Å². The van der Waals surface area contributed by atoms with Gasteiger partial charge in [-0.05, 0) is 24.3 Å². The molecule has 0 atom stereocenters. The Morgan fingerprint density at radius 2 is 1.59 bits per heavy atom. The molecule has 0 radical (unpaired) electrons. The molecule has 1 aromatic carbocycles. The maximum atomic E-state index is 12.9. The minimum absolute atomic E-state index is 0.0256. The summed E-state index contributed by atoms with van der Waals surface area (Å²) in [7, 11) is 0. The van der Waals surface area contributed by atoms with Gasteiger partial charge in [-0.2, -0.15) is 31.4 Å². The number of amides is 1. The smallest absolute Gasteiger partial charge is 0.327 e. The topological polar surface area (TPSA) is 61.9 Å². The van der Waals surface area contributed by atoms with Crippen molar-refractivity contribution in [2.75, 3.05) is 13.1 Å². The molecule has 2 heterocycles. The molecule has 5 nitrogen and oxygen atoms in total. The standard InChI is InChI=1S/C16H10F8N4O/c17-14(18)6-28(7-14)12(29)2-1-11-25-13(27-26-11)8-3-9(15(19,20)21)5-10(4-8)16(22,23)24/h1-5H,6-7H2,(H,25,26,27). The molecule has 1 aliphatic rings. The summed E-state index contributed by atoms with van der Waals surface area (Å²) in [5.74, 6) is -4.35. The Kier molecular flexibility index (Phi) is 4.87. The van der Waals surface area contributed by atoms with Crippen LogP contribution in [0.2, 0.25) is 0 Å². The van der Waals surface area contributed by atoms with Crippen molar-refractivity contribution in [3.8, 4) is 11.4 Å². The largest absolute Gasteiger partial charge is 0.416 e. The number of nitrogens with one attached hydrogen (secondary N) is 1. The molecule has 156 valence electrons. The first-order chi connectivity index (χ1) is 13.2. The van der Waals surface area contributed by atoms with Gasteiger partial charge >= 0.3 is 12.4 Å². The van der Waals surface area contributed by atoms with Crippen molar-refractivity contribution in [1.82, 2.24) is 20.1 Å². The van der Waals surface area contributed by atoms with Crippen LogP contribution in [0.5, 0.6) is 0 Å². The molecular weight excluding hydrogens is 416 g/mol. The first kappa shape index (κ1) is 20.7. The molecule has 1 aromatic heterocycles. The fraction of sp³-hybridized carbons (Fsp3) is 0.312. The highest BCUT2D eigenvalue weighted by molar-refractivity contribution is 5.92. The van der Waals surface area contributed by atoms with Gasteiger partial charge in [-0.3, -0.25) is 9.89 Å². The maximum Gasteiger partial charge on any atom is 0.416 e. The number of hydrogen-bond donors (Lipinski definition) is 1. The molecular formula is C16H10F8N4O. The Balaban J connectivity index is 1.84. The zero-order chi connectivity index (χ0) is 21.6. The third kappa shape index (κ3) is 4.71. The summed E-state index contributed by atoms with van der Waals surface area (Å²) in [4.78, 5) is 16.2. The van der Waals surface area contributed by atoms with Crippen molar-refractivity contribution in [3.63, 3.8) is 0 Å². The van der Waals surface area contributed by atoms with Gasteiger partial charge in [0.2, 0.25) is 5.91 Å². The van der Waals surface area contributed by atoms with E-state index in [-0.39, 0.29) is 11.9 Å². The predicted molar refractivity (Wildman–Crippen MR) is 82.4 cm³/mol. The highest BCUT2D eigenvalue weighted by Gasteiger charge is 2.45. The second-order valence-electron chi connectivity index (χ2n) is 6.22. The lowest BCUT2D eigenvalue weighted by molar-refractivity contribution is -0.160. The lowest BCUT2D eigenvalue weighted by atomic mass is 10.0. The van der Waals surface area contributed by atoms with Gasteiger partial charge in [0.15, 0.2) is 11.6 Å². The van der Waals surface area contributed by atoms with Gasteiger partial charge in [0.05, 0.1) is 24.2 Å². The van der Waals surface area contributed by atoms with Crippen molar-refractivity contribution in [3.05, 3.63) is 41.2 Å². The number of nitrogens with zero attached hydrogens (tertiary/aromatic N) is 3. The number of halogens is 8. The predicted octanol–water partition coefficient (Wildman–Crippen LogP) is 4.00. The summed E-state index contributed by atoms with van der Waals surface area (Å²) in [6.07, 6.45) is -8.18. The number of rotatable bonds is 3. The Hall–Kier alpha value is -2.99. The van der Waals surface area contributed by atoms with Crippen molar-refractivity contribution in [2.45, 2.75) is 18.3 Å². The fourth-order valence-corrected chi connectivity index (χ4v) is 2.49. The number of alkyl halides is 8. The summed E-state index contributed by atoms with van der Waals surface area (Å²) in [5, 5.41) is 5.76. The molecule has 3 rings (SSSR count). The van der Waals surface area contributed by atoms with Gasteiger partial charge in [0.1, 0.15) is 0 Å². The number of benzene rings is 1. The van der Waals surface area contributed by atoms with Crippen LogP contribution in [0.25, 0.3) is 17.5 Å². The Bertz CT molecular complexity index is 920. The number of H-pyrrole nitrogens is 1. The molecule has 0 aliphatic carbocycles. The molecule has 0 spiro atoms. The molecule has 1 fully saturated rings. The van der Waals surface area contributed by atoms with Crippen molar-refractivity contribution in [2.24, 2.45) is 0 Å². The second-order valence-corrected chi connectivity index (χ2v) is 6.22. The van der Waals surface area contributed by atoms with Crippen molar-refractivity contribution < 1.29 is 39.9 Å². The van der Waals surface area contributed by atoms with Crippen LogP contribution in [0.4, 0.5) is 35.1 Å². The zero-order valence-corrected chi connectivity index (χ0v) is 14.1. The second kappa shape index (κ2) is 6.81. The van der Waals surface area contributed by atoms with E-state index in [0.717, 1.165) is 17.1 Å². The van der Waals surface area contributed by atoms with E-state index in [4.69, 9.17) is 0 Å². The molecule has 29 heavy (non-hydrogen) atoms. The number of likely N-dealkylation sites (tertiary alicyclic amines) is 1. The molecule has 1 saturated heterocycles. The molecule has 1 N–H and O–H groups in total. The molecule has 0 unspecified atom stereocenters. The van der Waals surface area contributed by atoms with Gasteiger partial charge < -0.3 is 4.90 Å². The summed E-state index contributed by atoms with van der Waals surface area (Å²) in [5.41, 5.74) is -3.57. The molecule has 1 amide bonds. The average molecular weight is 426 g/mol. The van der Waals surface area contributed by atoms with E-state index in [0.29, 0.717) is 12.1 Å². The number of carbonyl (C=O) groups is 1. The first-order valence-electron chi connectivity index (χ1n) is 7.82. The van der Waals surface area contributed by atoms with Crippen LogP contribution in [0.1, 0.15) is 17.0 Å². The lowest BCUT2D eigenvalue weighted by Gasteiger charge is -2.37. The number of carbonyl (C=O) groups excluding carboxylic acids is 1. The van der Waals surface area contributed by atoms with Crippen LogP contribution >= 0.6 is 0 Å². The molecule has 1 aliphatic heterocycles. The van der Waals surface area contributed by atoms with E-state index in [1.54, 1.807) is 0 Å². The van der Waals surface area contributed by atoms with E-state index in [9.17, 15) is 39.9 Å². The summed E-state index contributed by atoms with van der Waals surface area (Å²) < 4.78 is 103. The summed E-state index contributed by atoms with van der Waals surface area (Å²) in [6.45, 7) is -1.50. The molecule has 13 heteroatoms. The highest BCUT2D eigenvalue weighted by Crippen LogP contribution is 2.38. The van der Waals surface area contributed by atoms with Gasteiger partial charge in [0.25, 0.3) is 5.92 Å². The molecule has 0 bridgehead atoms. The van der Waals surface area contributed by atoms with E-state index in [2.05, 4.69) is 15.2 Å². The van der Waals surface area contributed by atoms with Gasteiger partial charge in [-0.25, -0.2) is 13.8 Å². The number of hydrogen-bond acceptors (Lipinski definition) is 3. The maximum absolute atomic E-state index is 12.9. The first-order valence-corrected chi connectivity index (χ1v) is 7.82.